The lowest BCUT2D eigenvalue weighted by atomic mass is 10.1. The number of fused-ring (bicyclic) bond motifs is 1. The zero-order valence-electron chi connectivity index (χ0n) is 17.5. The van der Waals surface area contributed by atoms with E-state index in [0.29, 0.717) is 28.0 Å². The van der Waals surface area contributed by atoms with Gasteiger partial charge in [0, 0.05) is 41.8 Å². The first-order valence-electron chi connectivity index (χ1n) is 9.91. The highest BCUT2D eigenvalue weighted by atomic mass is 35.5. The number of carbonyl (C=O) groups is 1. The van der Waals surface area contributed by atoms with Crippen molar-refractivity contribution in [2.75, 3.05) is 7.05 Å². The molecule has 0 aliphatic rings. The second-order valence-electron chi connectivity index (χ2n) is 7.31. The van der Waals surface area contributed by atoms with Gasteiger partial charge in [0.15, 0.2) is 5.82 Å². The summed E-state index contributed by atoms with van der Waals surface area (Å²) in [5.41, 5.74) is 3.25. The highest BCUT2D eigenvalue weighted by Gasteiger charge is 2.21. The number of para-hydroxylation sites is 1. The van der Waals surface area contributed by atoms with Crippen molar-refractivity contribution in [2.24, 2.45) is 0 Å². The Hall–Kier alpha value is -3.45. The molecular formula is C23H22ClN5O2. The predicted octanol–water partition coefficient (Wildman–Crippen LogP) is 4.45. The van der Waals surface area contributed by atoms with Crippen LogP contribution in [-0.4, -0.2) is 42.7 Å². The molecule has 0 aliphatic carbocycles. The van der Waals surface area contributed by atoms with Gasteiger partial charge < -0.3 is 10.0 Å². The molecule has 1 amide bonds. The number of rotatable bonds is 5. The fraction of sp³-hybridized carbons (Fsp3) is 0.217. The van der Waals surface area contributed by atoms with Crippen LogP contribution in [-0.2, 0) is 13.1 Å². The molecule has 2 aromatic carbocycles. The van der Waals surface area contributed by atoms with Crippen molar-refractivity contribution in [3.63, 3.8) is 0 Å². The van der Waals surface area contributed by atoms with E-state index in [9.17, 15) is 9.90 Å². The number of aromatic hydroxyl groups is 1. The monoisotopic (exact) mass is 435 g/mol. The molecule has 8 heteroatoms. The number of halogens is 1. The molecule has 0 unspecified atom stereocenters. The molecule has 0 saturated heterocycles. The first-order valence-corrected chi connectivity index (χ1v) is 10.3. The number of benzene rings is 2. The van der Waals surface area contributed by atoms with Crippen molar-refractivity contribution in [3.8, 4) is 17.1 Å². The van der Waals surface area contributed by atoms with Crippen LogP contribution in [0.4, 0.5) is 0 Å². The SMILES string of the molecule is CCn1ncc(CN(C)C(=O)c2nc(-c3ccccc3O)nc3ccc(Cl)cc23)c1C. The number of carbonyl (C=O) groups excluding carboxylic acids is 1. The van der Waals surface area contributed by atoms with Crippen molar-refractivity contribution < 1.29 is 9.90 Å². The first kappa shape index (κ1) is 20.8. The van der Waals surface area contributed by atoms with E-state index < -0.39 is 0 Å². The average Bonchev–Trinajstić information content (AvgIpc) is 3.12. The van der Waals surface area contributed by atoms with Gasteiger partial charge in [-0.1, -0.05) is 23.7 Å². The zero-order chi connectivity index (χ0) is 22.1. The van der Waals surface area contributed by atoms with Gasteiger partial charge in [0.1, 0.15) is 11.4 Å². The minimum atomic E-state index is -0.269. The minimum absolute atomic E-state index is 0.0465. The van der Waals surface area contributed by atoms with Gasteiger partial charge in [-0.2, -0.15) is 5.10 Å². The van der Waals surface area contributed by atoms with Gasteiger partial charge in [-0.05, 0) is 44.2 Å². The number of amides is 1. The summed E-state index contributed by atoms with van der Waals surface area (Å²) in [4.78, 5) is 24.1. The topological polar surface area (TPSA) is 84.1 Å². The maximum Gasteiger partial charge on any atom is 0.273 e. The van der Waals surface area contributed by atoms with Crippen LogP contribution in [0, 0.1) is 6.92 Å². The van der Waals surface area contributed by atoms with Crippen molar-refractivity contribution in [3.05, 3.63) is 70.6 Å². The molecule has 0 atom stereocenters. The van der Waals surface area contributed by atoms with E-state index in [-0.39, 0.29) is 23.2 Å². The van der Waals surface area contributed by atoms with Crippen LogP contribution in [0.5, 0.6) is 5.75 Å². The third-order valence-corrected chi connectivity index (χ3v) is 5.50. The van der Waals surface area contributed by atoms with Crippen molar-refractivity contribution >= 4 is 28.4 Å². The lowest BCUT2D eigenvalue weighted by molar-refractivity contribution is 0.0781. The summed E-state index contributed by atoms with van der Waals surface area (Å²) in [6.07, 6.45) is 1.78. The molecule has 2 heterocycles. The predicted molar refractivity (Wildman–Crippen MR) is 120 cm³/mol. The third-order valence-electron chi connectivity index (χ3n) is 5.26. The van der Waals surface area contributed by atoms with Crippen molar-refractivity contribution in [2.45, 2.75) is 26.9 Å². The van der Waals surface area contributed by atoms with Crippen molar-refractivity contribution in [1.82, 2.24) is 24.6 Å². The van der Waals surface area contributed by atoms with Gasteiger partial charge >= 0.3 is 0 Å². The Morgan fingerprint density at radius 2 is 1.97 bits per heavy atom. The maximum absolute atomic E-state index is 13.4. The molecule has 0 saturated carbocycles. The van der Waals surface area contributed by atoms with Gasteiger partial charge in [0.2, 0.25) is 0 Å². The van der Waals surface area contributed by atoms with E-state index in [1.807, 2.05) is 18.5 Å². The van der Waals surface area contributed by atoms with Gasteiger partial charge in [0.05, 0.1) is 17.3 Å². The van der Waals surface area contributed by atoms with Crippen LogP contribution in [0.25, 0.3) is 22.3 Å². The molecule has 2 aromatic heterocycles. The molecule has 7 nitrogen and oxygen atoms in total. The second-order valence-corrected chi connectivity index (χ2v) is 7.74. The fourth-order valence-electron chi connectivity index (χ4n) is 3.51. The molecule has 1 N–H and O–H groups in total. The van der Waals surface area contributed by atoms with Crippen LogP contribution >= 0.6 is 11.6 Å². The Balaban J connectivity index is 1.79. The number of nitrogens with zero attached hydrogens (tertiary/aromatic N) is 5. The normalized spacial score (nSPS) is 11.1. The number of phenols is 1. The smallest absolute Gasteiger partial charge is 0.273 e. The lowest BCUT2D eigenvalue weighted by Gasteiger charge is -2.18. The lowest BCUT2D eigenvalue weighted by Crippen LogP contribution is -2.27. The molecule has 0 bridgehead atoms. The summed E-state index contributed by atoms with van der Waals surface area (Å²) >= 11 is 6.19. The van der Waals surface area contributed by atoms with Crippen LogP contribution in [0.2, 0.25) is 5.02 Å². The number of aryl methyl sites for hydroxylation is 1. The van der Waals surface area contributed by atoms with Gasteiger partial charge in [-0.3, -0.25) is 9.48 Å². The Labute approximate surface area is 184 Å². The first-order chi connectivity index (χ1) is 14.9. The summed E-state index contributed by atoms with van der Waals surface area (Å²) in [6.45, 7) is 5.17. The van der Waals surface area contributed by atoms with E-state index in [4.69, 9.17) is 11.6 Å². The van der Waals surface area contributed by atoms with Gasteiger partial charge in [-0.15, -0.1) is 0 Å². The maximum atomic E-state index is 13.4. The highest BCUT2D eigenvalue weighted by molar-refractivity contribution is 6.31. The quantitative estimate of drug-likeness (QED) is 0.500. The van der Waals surface area contributed by atoms with Crippen LogP contribution in [0.1, 0.15) is 28.7 Å². The molecular weight excluding hydrogens is 414 g/mol. The van der Waals surface area contributed by atoms with Crippen molar-refractivity contribution in [1.29, 1.82) is 0 Å². The molecule has 4 aromatic rings. The summed E-state index contributed by atoms with van der Waals surface area (Å²) in [5.74, 6) is 0.0554. The number of phenolic OH excluding ortho intramolecular Hbond substituents is 1. The van der Waals surface area contributed by atoms with E-state index >= 15 is 0 Å². The van der Waals surface area contributed by atoms with Crippen LogP contribution < -0.4 is 0 Å². The minimum Gasteiger partial charge on any atom is -0.507 e. The fourth-order valence-corrected chi connectivity index (χ4v) is 3.69. The number of hydrogen-bond donors (Lipinski definition) is 1. The van der Waals surface area contributed by atoms with Crippen LogP contribution in [0.3, 0.4) is 0 Å². The molecule has 4 rings (SSSR count). The van der Waals surface area contributed by atoms with Gasteiger partial charge in [0.25, 0.3) is 5.91 Å². The largest absolute Gasteiger partial charge is 0.507 e. The molecule has 31 heavy (non-hydrogen) atoms. The summed E-state index contributed by atoms with van der Waals surface area (Å²) in [6, 6.07) is 11.9. The third kappa shape index (κ3) is 3.96. The highest BCUT2D eigenvalue weighted by Crippen LogP contribution is 2.30. The second kappa shape index (κ2) is 8.35. The Kier molecular flexibility index (Phi) is 5.61. The zero-order valence-corrected chi connectivity index (χ0v) is 18.3. The summed E-state index contributed by atoms with van der Waals surface area (Å²) in [7, 11) is 1.73. The van der Waals surface area contributed by atoms with Gasteiger partial charge in [-0.25, -0.2) is 9.97 Å². The standard InChI is InChI=1S/C23H22ClN5O2/c1-4-29-14(2)15(12-25-29)13-28(3)23(31)21-18-11-16(24)9-10-19(18)26-22(27-21)17-7-5-6-8-20(17)30/h5-12,30H,4,13H2,1-3H3. The van der Waals surface area contributed by atoms with E-state index in [1.165, 1.54) is 0 Å². The Bertz CT molecular complexity index is 1280. The molecule has 0 aliphatic heterocycles. The summed E-state index contributed by atoms with van der Waals surface area (Å²) < 4.78 is 1.89. The molecule has 0 fully saturated rings. The van der Waals surface area contributed by atoms with E-state index in [0.717, 1.165) is 17.8 Å². The average molecular weight is 436 g/mol. The Morgan fingerprint density at radius 1 is 1.19 bits per heavy atom. The van der Waals surface area contributed by atoms with E-state index in [2.05, 4.69) is 15.1 Å². The number of aromatic nitrogens is 4. The molecule has 0 radical (unpaired) electrons. The molecule has 0 spiro atoms. The summed E-state index contributed by atoms with van der Waals surface area (Å²) in [5, 5.41) is 15.7. The van der Waals surface area contributed by atoms with E-state index in [1.54, 1.807) is 60.6 Å². The van der Waals surface area contributed by atoms with Crippen LogP contribution in [0.15, 0.2) is 48.7 Å². The molecule has 158 valence electrons. The number of hydrogen-bond acceptors (Lipinski definition) is 5. The Morgan fingerprint density at radius 3 is 2.68 bits per heavy atom.